The molecule has 0 spiro atoms. The largest absolute Gasteiger partial charge is 0.478 e. The van der Waals surface area contributed by atoms with Gasteiger partial charge in [0.25, 0.3) is 0 Å². The number of carboxylic acids is 1. The van der Waals surface area contributed by atoms with Gasteiger partial charge in [0.15, 0.2) is 0 Å². The Morgan fingerprint density at radius 3 is 2.79 bits per heavy atom. The van der Waals surface area contributed by atoms with Gasteiger partial charge in [0.2, 0.25) is 0 Å². The van der Waals surface area contributed by atoms with Crippen molar-refractivity contribution in [1.29, 1.82) is 0 Å². The van der Waals surface area contributed by atoms with Crippen LogP contribution >= 0.6 is 11.3 Å². The third-order valence-electron chi connectivity index (χ3n) is 2.74. The molecular weight excluding hydrogens is 262 g/mol. The standard InChI is InChI=1S/C13H15N3O2S/c1-7-6-10(11(13(17)18)8(2)15-7)16-9(3)12-14-4-5-19-12/h4-6,9H,1-3H3,(H,15,16)(H,17,18). The summed E-state index contributed by atoms with van der Waals surface area (Å²) in [5.41, 5.74) is 2.10. The summed E-state index contributed by atoms with van der Waals surface area (Å²) in [7, 11) is 0. The summed E-state index contributed by atoms with van der Waals surface area (Å²) < 4.78 is 0. The van der Waals surface area contributed by atoms with Crippen LogP contribution in [0.5, 0.6) is 0 Å². The highest BCUT2D eigenvalue weighted by molar-refractivity contribution is 7.09. The van der Waals surface area contributed by atoms with E-state index in [0.717, 1.165) is 10.7 Å². The van der Waals surface area contributed by atoms with E-state index in [1.807, 2.05) is 19.2 Å². The lowest BCUT2D eigenvalue weighted by atomic mass is 10.1. The maximum Gasteiger partial charge on any atom is 0.339 e. The van der Waals surface area contributed by atoms with Crippen LogP contribution in [0, 0.1) is 13.8 Å². The van der Waals surface area contributed by atoms with Crippen molar-refractivity contribution in [2.24, 2.45) is 0 Å². The molecule has 19 heavy (non-hydrogen) atoms. The Bertz CT molecular complexity index is 596. The van der Waals surface area contributed by atoms with Crippen LogP contribution in [0.1, 0.15) is 39.7 Å². The fourth-order valence-corrected chi connectivity index (χ4v) is 2.60. The van der Waals surface area contributed by atoms with Crippen LogP contribution in [0.3, 0.4) is 0 Å². The van der Waals surface area contributed by atoms with Gasteiger partial charge in [-0.15, -0.1) is 11.3 Å². The minimum absolute atomic E-state index is 0.0423. The maximum absolute atomic E-state index is 11.3. The van der Waals surface area contributed by atoms with E-state index in [4.69, 9.17) is 0 Å². The monoisotopic (exact) mass is 277 g/mol. The lowest BCUT2D eigenvalue weighted by Crippen LogP contribution is -2.13. The van der Waals surface area contributed by atoms with Crippen LogP contribution in [-0.2, 0) is 0 Å². The van der Waals surface area contributed by atoms with Crippen LogP contribution in [0.4, 0.5) is 5.69 Å². The van der Waals surface area contributed by atoms with E-state index in [-0.39, 0.29) is 11.6 Å². The Morgan fingerprint density at radius 2 is 2.21 bits per heavy atom. The average Bonchev–Trinajstić information content (AvgIpc) is 2.80. The van der Waals surface area contributed by atoms with Gasteiger partial charge in [0.05, 0.1) is 17.4 Å². The molecule has 0 aromatic carbocycles. The summed E-state index contributed by atoms with van der Waals surface area (Å²) in [6, 6.07) is 1.71. The van der Waals surface area contributed by atoms with Crippen LogP contribution in [0.25, 0.3) is 0 Å². The molecule has 0 saturated heterocycles. The summed E-state index contributed by atoms with van der Waals surface area (Å²) >= 11 is 1.54. The van der Waals surface area contributed by atoms with Crippen molar-refractivity contribution in [2.45, 2.75) is 26.8 Å². The van der Waals surface area contributed by atoms with Crippen molar-refractivity contribution in [3.05, 3.63) is 39.6 Å². The molecule has 2 rings (SSSR count). The molecule has 100 valence electrons. The van der Waals surface area contributed by atoms with Crippen LogP contribution in [-0.4, -0.2) is 21.0 Å². The number of carboxylic acid groups (broad SMARTS) is 1. The zero-order valence-corrected chi connectivity index (χ0v) is 11.8. The average molecular weight is 277 g/mol. The molecule has 1 unspecified atom stereocenters. The van der Waals surface area contributed by atoms with Crippen LogP contribution in [0.2, 0.25) is 0 Å². The highest BCUT2D eigenvalue weighted by atomic mass is 32.1. The van der Waals surface area contributed by atoms with E-state index < -0.39 is 5.97 Å². The molecule has 0 aliphatic rings. The fourth-order valence-electron chi connectivity index (χ4n) is 1.96. The van der Waals surface area contributed by atoms with Crippen molar-refractivity contribution in [1.82, 2.24) is 9.97 Å². The minimum Gasteiger partial charge on any atom is -0.478 e. The number of nitrogens with one attached hydrogen (secondary N) is 1. The summed E-state index contributed by atoms with van der Waals surface area (Å²) in [5.74, 6) is -0.973. The Hall–Kier alpha value is -1.95. The molecule has 0 saturated carbocycles. The number of aryl methyl sites for hydroxylation is 2. The van der Waals surface area contributed by atoms with E-state index in [1.165, 1.54) is 11.3 Å². The summed E-state index contributed by atoms with van der Waals surface area (Å²) in [6.45, 7) is 5.50. The number of anilines is 1. The second kappa shape index (κ2) is 5.36. The molecule has 0 bridgehead atoms. The number of aromatic nitrogens is 2. The number of hydrogen-bond acceptors (Lipinski definition) is 5. The number of carbonyl (C=O) groups is 1. The molecule has 0 amide bonds. The lowest BCUT2D eigenvalue weighted by molar-refractivity contribution is 0.0696. The van der Waals surface area contributed by atoms with Crippen LogP contribution < -0.4 is 5.32 Å². The number of hydrogen-bond donors (Lipinski definition) is 2. The smallest absolute Gasteiger partial charge is 0.339 e. The SMILES string of the molecule is Cc1cc(NC(C)c2nccs2)c(C(=O)O)c(C)n1. The second-order valence-corrected chi connectivity index (χ2v) is 5.24. The number of aromatic carboxylic acids is 1. The van der Waals surface area contributed by atoms with Crippen molar-refractivity contribution < 1.29 is 9.90 Å². The lowest BCUT2D eigenvalue weighted by Gasteiger charge is -2.16. The molecular formula is C13H15N3O2S. The molecule has 2 heterocycles. The highest BCUT2D eigenvalue weighted by Gasteiger charge is 2.18. The molecule has 6 heteroatoms. The van der Waals surface area contributed by atoms with E-state index >= 15 is 0 Å². The number of rotatable bonds is 4. The molecule has 2 aromatic rings. The molecule has 0 fully saturated rings. The van der Waals surface area contributed by atoms with Crippen LogP contribution in [0.15, 0.2) is 17.6 Å². The molecule has 0 aliphatic heterocycles. The van der Waals surface area contributed by atoms with Crippen molar-refractivity contribution in [3.8, 4) is 0 Å². The van der Waals surface area contributed by atoms with Gasteiger partial charge >= 0.3 is 5.97 Å². The van der Waals surface area contributed by atoms with E-state index in [0.29, 0.717) is 11.4 Å². The third-order valence-corrected chi connectivity index (χ3v) is 3.69. The number of thiazole rings is 1. The molecule has 1 atom stereocenters. The first-order valence-electron chi connectivity index (χ1n) is 5.86. The Morgan fingerprint density at radius 1 is 1.47 bits per heavy atom. The Labute approximate surface area is 115 Å². The Balaban J connectivity index is 2.36. The van der Waals surface area contributed by atoms with Gasteiger partial charge in [0.1, 0.15) is 10.6 Å². The molecule has 2 aromatic heterocycles. The van der Waals surface area contributed by atoms with Crippen molar-refractivity contribution in [2.75, 3.05) is 5.32 Å². The van der Waals surface area contributed by atoms with Crippen molar-refractivity contribution >= 4 is 23.0 Å². The minimum atomic E-state index is -0.973. The molecule has 2 N–H and O–H groups in total. The van der Waals surface area contributed by atoms with E-state index in [2.05, 4.69) is 15.3 Å². The van der Waals surface area contributed by atoms with E-state index in [9.17, 15) is 9.90 Å². The zero-order chi connectivity index (χ0) is 14.0. The molecule has 0 aliphatic carbocycles. The second-order valence-electron chi connectivity index (χ2n) is 4.31. The van der Waals surface area contributed by atoms with Crippen molar-refractivity contribution in [3.63, 3.8) is 0 Å². The topological polar surface area (TPSA) is 75.1 Å². The number of pyridine rings is 1. The van der Waals surface area contributed by atoms with Gasteiger partial charge in [-0.2, -0.15) is 0 Å². The summed E-state index contributed by atoms with van der Waals surface area (Å²) in [6.07, 6.45) is 1.74. The first-order chi connectivity index (χ1) is 8.99. The van der Waals surface area contributed by atoms with Gasteiger partial charge < -0.3 is 10.4 Å². The predicted molar refractivity (Wildman–Crippen MR) is 74.8 cm³/mol. The maximum atomic E-state index is 11.3. The quantitative estimate of drug-likeness (QED) is 0.898. The van der Waals surface area contributed by atoms with Gasteiger partial charge in [0, 0.05) is 17.3 Å². The predicted octanol–water partition coefficient (Wildman–Crippen LogP) is 3.03. The zero-order valence-electron chi connectivity index (χ0n) is 11.0. The Kier molecular flexibility index (Phi) is 3.80. The van der Waals surface area contributed by atoms with Gasteiger partial charge in [-0.25, -0.2) is 9.78 Å². The molecule has 5 nitrogen and oxygen atoms in total. The fraction of sp³-hybridized carbons (Fsp3) is 0.308. The first-order valence-corrected chi connectivity index (χ1v) is 6.74. The van der Waals surface area contributed by atoms with E-state index in [1.54, 1.807) is 19.2 Å². The van der Waals surface area contributed by atoms with Gasteiger partial charge in [-0.3, -0.25) is 4.98 Å². The van der Waals surface area contributed by atoms with Gasteiger partial charge in [-0.05, 0) is 26.8 Å². The third kappa shape index (κ3) is 2.90. The number of nitrogens with zero attached hydrogens (tertiary/aromatic N) is 2. The van der Waals surface area contributed by atoms with Gasteiger partial charge in [-0.1, -0.05) is 0 Å². The summed E-state index contributed by atoms with van der Waals surface area (Å²) in [4.78, 5) is 19.7. The summed E-state index contributed by atoms with van der Waals surface area (Å²) in [5, 5.41) is 15.3. The highest BCUT2D eigenvalue weighted by Crippen LogP contribution is 2.25. The normalized spacial score (nSPS) is 12.2. The molecule has 0 radical (unpaired) electrons. The first kappa shape index (κ1) is 13.5.